The average Bonchev–Trinajstić information content (AvgIpc) is 3.27. The van der Waals surface area contributed by atoms with Crippen molar-refractivity contribution in [3.8, 4) is 0 Å². The summed E-state index contributed by atoms with van der Waals surface area (Å²) >= 11 is 2.93. The summed E-state index contributed by atoms with van der Waals surface area (Å²) in [6.07, 6.45) is 1.97. The van der Waals surface area contributed by atoms with Crippen LogP contribution in [0.2, 0.25) is 0 Å². The van der Waals surface area contributed by atoms with Crippen LogP contribution in [0.3, 0.4) is 0 Å². The first-order valence-electron chi connectivity index (χ1n) is 10.4. The fraction of sp³-hybridized carbons (Fsp3) is 0.333. The van der Waals surface area contributed by atoms with E-state index in [4.69, 9.17) is 4.74 Å². The maximum atomic E-state index is 13.6. The fourth-order valence-electron chi connectivity index (χ4n) is 3.57. The van der Waals surface area contributed by atoms with Gasteiger partial charge in [0.25, 0.3) is 17.3 Å². The summed E-state index contributed by atoms with van der Waals surface area (Å²) in [7, 11) is 0. The molecule has 13 heteroatoms. The number of hydrogen-bond acceptors (Lipinski definition) is 10. The number of thiazole rings is 1. The predicted molar refractivity (Wildman–Crippen MR) is 130 cm³/mol. The zero-order valence-corrected chi connectivity index (χ0v) is 19.8. The summed E-state index contributed by atoms with van der Waals surface area (Å²) in [5.41, 5.74) is -0.432. The van der Waals surface area contributed by atoms with Gasteiger partial charge in [0, 0.05) is 43.2 Å². The number of hydrogen-bond donors (Lipinski definition) is 0. The molecule has 0 atom stereocenters. The summed E-state index contributed by atoms with van der Waals surface area (Å²) in [5.74, 6) is -0.579. The maximum Gasteiger partial charge on any atom is 0.277 e. The van der Waals surface area contributed by atoms with Crippen molar-refractivity contribution >= 4 is 55.7 Å². The van der Waals surface area contributed by atoms with E-state index in [1.54, 1.807) is 11.8 Å². The molecular formula is C21H21N5O6S2. The average molecular weight is 504 g/mol. The summed E-state index contributed by atoms with van der Waals surface area (Å²) in [4.78, 5) is 44.0. The third-order valence-electron chi connectivity index (χ3n) is 5.38. The lowest BCUT2D eigenvalue weighted by Gasteiger charge is -2.29. The normalized spacial score (nSPS) is 14.3. The van der Waals surface area contributed by atoms with E-state index in [-0.39, 0.29) is 12.1 Å². The van der Waals surface area contributed by atoms with Crippen LogP contribution in [0.25, 0.3) is 10.2 Å². The number of thioether (sulfide) groups is 1. The number of ether oxygens (including phenoxy) is 1. The molecular weight excluding hydrogens is 482 g/mol. The Labute approximate surface area is 202 Å². The van der Waals surface area contributed by atoms with Gasteiger partial charge in [0.05, 0.1) is 44.9 Å². The van der Waals surface area contributed by atoms with Crippen molar-refractivity contribution in [1.29, 1.82) is 0 Å². The largest absolute Gasteiger partial charge is 0.379 e. The molecule has 11 nitrogen and oxygen atoms in total. The first-order valence-corrected chi connectivity index (χ1v) is 12.4. The fourth-order valence-corrected chi connectivity index (χ4v) is 5.11. The molecule has 2 aromatic carbocycles. The standard InChI is InChI=1S/C21H21N5O6S2/c1-33-17-2-3-18-19(13-17)34-21(22-18)24(5-4-23-6-8-32-9-7-23)20(27)14-10-15(25(28)29)12-16(11-14)26(30)31/h2-3,10-13H,4-9H2,1H3. The van der Waals surface area contributed by atoms with Crippen molar-refractivity contribution in [1.82, 2.24) is 9.88 Å². The quantitative estimate of drug-likeness (QED) is 0.256. The van der Waals surface area contributed by atoms with Crippen LogP contribution in [0, 0.1) is 20.2 Å². The third kappa shape index (κ3) is 5.33. The Balaban J connectivity index is 1.72. The first-order chi connectivity index (χ1) is 16.4. The first kappa shape index (κ1) is 24.0. The number of aromatic nitrogens is 1. The van der Waals surface area contributed by atoms with Gasteiger partial charge in [-0.1, -0.05) is 11.3 Å². The number of anilines is 1. The number of carbonyl (C=O) groups is 1. The van der Waals surface area contributed by atoms with Gasteiger partial charge in [-0.25, -0.2) is 4.98 Å². The SMILES string of the molecule is CSc1ccc2nc(N(CCN3CCOCC3)C(=O)c3cc([N+](=O)[O-])cc([N+](=O)[O-])c3)sc2c1. The van der Waals surface area contributed by atoms with Crippen LogP contribution in [0.1, 0.15) is 10.4 Å². The molecule has 0 aliphatic carbocycles. The van der Waals surface area contributed by atoms with Gasteiger partial charge in [0.15, 0.2) is 5.13 Å². The molecule has 2 heterocycles. The van der Waals surface area contributed by atoms with E-state index in [9.17, 15) is 25.0 Å². The van der Waals surface area contributed by atoms with Gasteiger partial charge in [0.1, 0.15) is 0 Å². The molecule has 0 spiro atoms. The lowest BCUT2D eigenvalue weighted by Crippen LogP contribution is -2.43. The van der Waals surface area contributed by atoms with Crippen molar-refractivity contribution in [3.05, 3.63) is 62.2 Å². The van der Waals surface area contributed by atoms with Crippen LogP contribution in [-0.2, 0) is 4.74 Å². The molecule has 1 aliphatic heterocycles. The van der Waals surface area contributed by atoms with E-state index >= 15 is 0 Å². The predicted octanol–water partition coefficient (Wildman–Crippen LogP) is 3.81. The molecule has 1 saturated heterocycles. The molecule has 0 N–H and O–H groups in total. The molecule has 0 bridgehead atoms. The van der Waals surface area contributed by atoms with Crippen molar-refractivity contribution in [2.24, 2.45) is 0 Å². The molecule has 1 aromatic heterocycles. The number of non-ortho nitro benzene ring substituents is 2. The summed E-state index contributed by atoms with van der Waals surface area (Å²) in [6.45, 7) is 3.46. The second kappa shape index (κ2) is 10.4. The Morgan fingerprint density at radius 3 is 2.44 bits per heavy atom. The Morgan fingerprint density at radius 2 is 1.82 bits per heavy atom. The Hall–Kier alpha value is -3.13. The minimum Gasteiger partial charge on any atom is -0.379 e. The van der Waals surface area contributed by atoms with Gasteiger partial charge in [0.2, 0.25) is 0 Å². The Bertz CT molecular complexity index is 1210. The molecule has 0 saturated carbocycles. The van der Waals surface area contributed by atoms with E-state index in [0.29, 0.717) is 24.9 Å². The molecule has 1 aliphatic rings. The zero-order chi connectivity index (χ0) is 24.2. The highest BCUT2D eigenvalue weighted by atomic mass is 32.2. The van der Waals surface area contributed by atoms with Gasteiger partial charge >= 0.3 is 0 Å². The summed E-state index contributed by atoms with van der Waals surface area (Å²) < 4.78 is 6.28. The smallest absolute Gasteiger partial charge is 0.277 e. The van der Waals surface area contributed by atoms with Gasteiger partial charge in [-0.15, -0.1) is 11.8 Å². The van der Waals surface area contributed by atoms with Crippen LogP contribution >= 0.6 is 23.1 Å². The molecule has 0 unspecified atom stereocenters. The number of benzene rings is 2. The minimum atomic E-state index is -0.747. The second-order valence-electron chi connectivity index (χ2n) is 7.49. The van der Waals surface area contributed by atoms with Crippen LogP contribution in [0.5, 0.6) is 0 Å². The number of fused-ring (bicyclic) bond motifs is 1. The maximum absolute atomic E-state index is 13.6. The highest BCUT2D eigenvalue weighted by molar-refractivity contribution is 7.98. The number of carbonyl (C=O) groups excluding carboxylic acids is 1. The van der Waals surface area contributed by atoms with Gasteiger partial charge in [-0.05, 0) is 24.5 Å². The van der Waals surface area contributed by atoms with Crippen LogP contribution in [-0.4, -0.2) is 71.3 Å². The van der Waals surface area contributed by atoms with E-state index in [1.807, 2.05) is 24.5 Å². The third-order valence-corrected chi connectivity index (χ3v) is 7.14. The summed E-state index contributed by atoms with van der Waals surface area (Å²) in [6, 6.07) is 8.79. The highest BCUT2D eigenvalue weighted by Gasteiger charge is 2.27. The van der Waals surface area contributed by atoms with Crippen molar-refractivity contribution in [2.75, 3.05) is 50.5 Å². The van der Waals surface area contributed by atoms with E-state index in [1.165, 1.54) is 16.2 Å². The second-order valence-corrected chi connectivity index (χ2v) is 9.38. The summed E-state index contributed by atoms with van der Waals surface area (Å²) in [5, 5.41) is 23.1. The lowest BCUT2D eigenvalue weighted by molar-refractivity contribution is -0.394. The monoisotopic (exact) mass is 503 g/mol. The van der Waals surface area contributed by atoms with Crippen LogP contribution in [0.15, 0.2) is 41.3 Å². The number of nitro benzene ring substituents is 2. The van der Waals surface area contributed by atoms with Gasteiger partial charge in [-0.3, -0.25) is 34.8 Å². The lowest BCUT2D eigenvalue weighted by atomic mass is 10.1. The molecule has 0 radical (unpaired) electrons. The van der Waals surface area contributed by atoms with Crippen molar-refractivity contribution < 1.29 is 19.4 Å². The molecule has 1 fully saturated rings. The van der Waals surface area contributed by atoms with Gasteiger partial charge in [-0.2, -0.15) is 0 Å². The Kier molecular flexibility index (Phi) is 7.36. The number of amides is 1. The topological polar surface area (TPSA) is 132 Å². The van der Waals surface area contributed by atoms with E-state index in [2.05, 4.69) is 9.88 Å². The van der Waals surface area contributed by atoms with E-state index < -0.39 is 27.1 Å². The van der Waals surface area contributed by atoms with E-state index in [0.717, 1.165) is 46.4 Å². The van der Waals surface area contributed by atoms with Crippen molar-refractivity contribution in [2.45, 2.75) is 4.90 Å². The molecule has 4 rings (SSSR count). The number of nitrogens with zero attached hydrogens (tertiary/aromatic N) is 5. The van der Waals surface area contributed by atoms with Gasteiger partial charge < -0.3 is 4.74 Å². The number of nitro groups is 2. The van der Waals surface area contributed by atoms with Crippen molar-refractivity contribution in [3.63, 3.8) is 0 Å². The molecule has 178 valence electrons. The molecule has 3 aromatic rings. The highest BCUT2D eigenvalue weighted by Crippen LogP contribution is 2.33. The van der Waals surface area contributed by atoms with Crippen LogP contribution in [0.4, 0.5) is 16.5 Å². The minimum absolute atomic E-state index is 0.132. The zero-order valence-electron chi connectivity index (χ0n) is 18.2. The molecule has 1 amide bonds. The Morgan fingerprint density at radius 1 is 1.15 bits per heavy atom. The molecule has 34 heavy (non-hydrogen) atoms. The number of rotatable bonds is 8. The van der Waals surface area contributed by atoms with Crippen LogP contribution < -0.4 is 4.90 Å². The number of morpholine rings is 1.